The Hall–Kier alpha value is -4.12. The number of carbonyl (C=O) groups is 5. The van der Waals surface area contributed by atoms with E-state index < -0.39 is 18.0 Å². The summed E-state index contributed by atoms with van der Waals surface area (Å²) in [5.74, 6) is -1.34. The maximum Gasteiger partial charge on any atom is 0.414 e. The van der Waals surface area contributed by atoms with E-state index in [4.69, 9.17) is 28.8 Å². The highest BCUT2D eigenvalue weighted by Crippen LogP contribution is 2.14. The first-order valence-electron chi connectivity index (χ1n) is 16.9. The third kappa shape index (κ3) is 24.1. The molecule has 0 aliphatic rings. The van der Waals surface area contributed by atoms with Crippen LogP contribution in [0.5, 0.6) is 5.75 Å². The van der Waals surface area contributed by atoms with Gasteiger partial charge in [0.05, 0.1) is 58.4 Å². The second-order valence-electron chi connectivity index (χ2n) is 11.0. The van der Waals surface area contributed by atoms with Crippen molar-refractivity contribution in [1.82, 2.24) is 15.5 Å². The van der Waals surface area contributed by atoms with Crippen LogP contribution >= 0.6 is 0 Å². The van der Waals surface area contributed by atoms with Crippen molar-refractivity contribution in [3.05, 3.63) is 29.8 Å². The van der Waals surface area contributed by atoms with E-state index in [0.717, 1.165) is 44.9 Å². The molecule has 4 N–H and O–H groups in total. The Labute approximate surface area is 293 Å². The molecule has 1 rings (SSSR count). The highest BCUT2D eigenvalue weighted by molar-refractivity contribution is 5.91. The average molecular weight is 711 g/mol. The fourth-order valence-corrected chi connectivity index (χ4v) is 4.36. The number of hydrogen-bond acceptors (Lipinski definition) is 11. The Bertz CT molecular complexity index is 1120. The van der Waals surface area contributed by atoms with Crippen molar-refractivity contribution in [3.63, 3.8) is 0 Å². The number of carboxylic acid groups (broad SMARTS) is 2. The zero-order chi connectivity index (χ0) is 36.7. The fraction of sp³-hybridized carbons (Fsp3) is 0.647. The number of carbonyl (C=O) groups excluding carboxylic acids is 4. The minimum atomic E-state index is -1.38. The van der Waals surface area contributed by atoms with Crippen LogP contribution in [0.25, 0.3) is 0 Å². The maximum absolute atomic E-state index is 12.4. The third-order valence-corrected chi connectivity index (χ3v) is 7.01. The molecule has 0 aromatic heterocycles. The van der Waals surface area contributed by atoms with Gasteiger partial charge in [0.1, 0.15) is 19.0 Å². The number of carboxylic acids is 1. The number of rotatable bonds is 32. The van der Waals surface area contributed by atoms with Crippen LogP contribution in [0.1, 0.15) is 74.6 Å². The van der Waals surface area contributed by atoms with Crippen molar-refractivity contribution in [2.45, 2.75) is 64.2 Å². The SMILES string of the molecule is O=[C]COCCOCCNC(=O)COCCOCCN(C(=O)O)C(=O)CCCNC(=O)CCCCCCCCCOc1ccc(C(=O)O)cc1. The zero-order valence-corrected chi connectivity index (χ0v) is 28.7. The fourth-order valence-electron chi connectivity index (χ4n) is 4.36. The lowest BCUT2D eigenvalue weighted by atomic mass is 10.1. The molecule has 0 atom stereocenters. The number of hydrogen-bond donors (Lipinski definition) is 4. The summed E-state index contributed by atoms with van der Waals surface area (Å²) in [6.07, 6.45) is 7.67. The van der Waals surface area contributed by atoms with Crippen LogP contribution in [0.3, 0.4) is 0 Å². The second kappa shape index (κ2) is 29.8. The monoisotopic (exact) mass is 710 g/mol. The van der Waals surface area contributed by atoms with Crippen LogP contribution in [-0.4, -0.2) is 130 Å². The van der Waals surface area contributed by atoms with E-state index in [9.17, 15) is 33.9 Å². The van der Waals surface area contributed by atoms with E-state index in [2.05, 4.69) is 10.6 Å². The van der Waals surface area contributed by atoms with E-state index in [0.29, 0.717) is 30.1 Å². The van der Waals surface area contributed by atoms with Crippen molar-refractivity contribution in [3.8, 4) is 5.75 Å². The van der Waals surface area contributed by atoms with Gasteiger partial charge in [0.2, 0.25) is 24.0 Å². The molecule has 4 amide bonds. The summed E-state index contributed by atoms with van der Waals surface area (Å²) in [6, 6.07) is 6.34. The van der Waals surface area contributed by atoms with Gasteiger partial charge in [-0.15, -0.1) is 0 Å². The number of imide groups is 1. The lowest BCUT2D eigenvalue weighted by Gasteiger charge is -2.17. The molecule has 16 nitrogen and oxygen atoms in total. The van der Waals surface area contributed by atoms with Crippen molar-refractivity contribution in [2.75, 3.05) is 79.1 Å². The number of nitrogens with one attached hydrogen (secondary N) is 2. The van der Waals surface area contributed by atoms with Crippen LogP contribution in [0, 0.1) is 0 Å². The molecule has 0 aliphatic heterocycles. The smallest absolute Gasteiger partial charge is 0.414 e. The van der Waals surface area contributed by atoms with Crippen molar-refractivity contribution in [1.29, 1.82) is 0 Å². The molecule has 0 fully saturated rings. The number of nitrogens with zero attached hydrogens (tertiary/aromatic N) is 1. The Kier molecular flexibility index (Phi) is 26.1. The molecule has 0 aliphatic carbocycles. The van der Waals surface area contributed by atoms with E-state index in [-0.39, 0.29) is 96.3 Å². The van der Waals surface area contributed by atoms with Crippen LogP contribution in [-0.2, 0) is 38.1 Å². The molecular weight excluding hydrogens is 658 g/mol. The summed E-state index contributed by atoms with van der Waals surface area (Å²) in [5, 5.41) is 23.7. The number of benzene rings is 1. The average Bonchev–Trinajstić information content (AvgIpc) is 3.09. The van der Waals surface area contributed by atoms with Gasteiger partial charge in [-0.3, -0.25) is 19.2 Å². The number of aromatic carboxylic acids is 1. The molecule has 281 valence electrons. The molecule has 1 aromatic carbocycles. The lowest BCUT2D eigenvalue weighted by molar-refractivity contribution is -0.130. The topological polar surface area (TPSA) is 216 Å². The summed E-state index contributed by atoms with van der Waals surface area (Å²) in [6.45, 7) is 1.67. The van der Waals surface area contributed by atoms with Gasteiger partial charge in [-0.05, 0) is 43.5 Å². The Morgan fingerprint density at radius 3 is 1.94 bits per heavy atom. The molecule has 50 heavy (non-hydrogen) atoms. The number of ether oxygens (including phenoxy) is 5. The van der Waals surface area contributed by atoms with Gasteiger partial charge >= 0.3 is 12.1 Å². The quantitative estimate of drug-likeness (QED) is 0.0792. The molecule has 0 spiro atoms. The predicted molar refractivity (Wildman–Crippen MR) is 180 cm³/mol. The minimum Gasteiger partial charge on any atom is -0.494 e. The third-order valence-electron chi connectivity index (χ3n) is 7.01. The van der Waals surface area contributed by atoms with E-state index in [1.54, 1.807) is 18.4 Å². The van der Waals surface area contributed by atoms with Crippen molar-refractivity contribution in [2.24, 2.45) is 0 Å². The predicted octanol–water partition coefficient (Wildman–Crippen LogP) is 2.58. The molecule has 16 heteroatoms. The Morgan fingerprint density at radius 2 is 1.26 bits per heavy atom. The highest BCUT2D eigenvalue weighted by atomic mass is 16.5. The maximum atomic E-state index is 12.4. The zero-order valence-electron chi connectivity index (χ0n) is 28.7. The minimum absolute atomic E-state index is 0.0306. The van der Waals surface area contributed by atoms with Gasteiger partial charge in [-0.25, -0.2) is 14.5 Å². The van der Waals surface area contributed by atoms with Crippen LogP contribution in [0.15, 0.2) is 24.3 Å². The van der Waals surface area contributed by atoms with Gasteiger partial charge in [-0.2, -0.15) is 0 Å². The summed E-state index contributed by atoms with van der Waals surface area (Å²) in [4.78, 5) is 69.2. The first-order valence-corrected chi connectivity index (χ1v) is 16.9. The number of unbranched alkanes of at least 4 members (excludes halogenated alkanes) is 6. The van der Waals surface area contributed by atoms with Crippen LogP contribution in [0.2, 0.25) is 0 Å². The van der Waals surface area contributed by atoms with Gasteiger partial charge < -0.3 is 44.5 Å². The summed E-state index contributed by atoms with van der Waals surface area (Å²) in [7, 11) is 0. The Morgan fingerprint density at radius 1 is 0.640 bits per heavy atom. The first kappa shape index (κ1) is 43.9. The Balaban J connectivity index is 1.97. The van der Waals surface area contributed by atoms with Gasteiger partial charge in [0.25, 0.3) is 0 Å². The molecule has 0 unspecified atom stereocenters. The van der Waals surface area contributed by atoms with Gasteiger partial charge in [0, 0.05) is 25.9 Å². The molecular formula is C34H52N3O13. The largest absolute Gasteiger partial charge is 0.494 e. The molecule has 1 radical (unpaired) electrons. The second-order valence-corrected chi connectivity index (χ2v) is 11.0. The van der Waals surface area contributed by atoms with Crippen LogP contribution in [0.4, 0.5) is 4.79 Å². The summed E-state index contributed by atoms with van der Waals surface area (Å²) < 4.78 is 26.2. The highest BCUT2D eigenvalue weighted by Gasteiger charge is 2.20. The van der Waals surface area contributed by atoms with E-state index in [1.807, 2.05) is 0 Å². The van der Waals surface area contributed by atoms with Gasteiger partial charge in [0.15, 0.2) is 0 Å². The standard InChI is InChI=1S/C34H52N3O13/c38-18-22-48-24-23-46-20-16-36-31(40)27-49-26-25-47-21-17-37(34(44)45)32(41)10-8-15-35-30(39)9-6-4-2-1-3-5-7-19-50-29-13-11-28(12-14-29)33(42)43/h11-14H,1-10,15-17,19-27H2,(H,35,39)(H,36,40)(H,42,43)(H,44,45). The molecule has 1 aromatic rings. The first-order chi connectivity index (χ1) is 24.2. The molecule has 0 saturated carbocycles. The summed E-state index contributed by atoms with van der Waals surface area (Å²) >= 11 is 0. The normalized spacial score (nSPS) is 10.7. The molecule has 0 bridgehead atoms. The van der Waals surface area contributed by atoms with E-state index in [1.165, 1.54) is 12.1 Å². The molecule has 0 heterocycles. The van der Waals surface area contributed by atoms with Crippen molar-refractivity contribution < 1.29 is 62.7 Å². The lowest BCUT2D eigenvalue weighted by Crippen LogP contribution is -2.38. The van der Waals surface area contributed by atoms with Gasteiger partial charge in [-0.1, -0.05) is 32.1 Å². The molecule has 0 saturated heterocycles. The van der Waals surface area contributed by atoms with E-state index >= 15 is 0 Å². The summed E-state index contributed by atoms with van der Waals surface area (Å²) in [5.41, 5.74) is 0.226. The van der Waals surface area contributed by atoms with Crippen LogP contribution < -0.4 is 15.4 Å². The number of amides is 4. The van der Waals surface area contributed by atoms with Crippen molar-refractivity contribution >= 4 is 36.1 Å².